The Labute approximate surface area is 156 Å². The molecule has 0 aliphatic carbocycles. The van der Waals surface area contributed by atoms with Crippen LogP contribution in [0.2, 0.25) is 0 Å². The molecule has 0 aliphatic heterocycles. The number of hydrogen-bond acceptors (Lipinski definition) is 6. The first-order chi connectivity index (χ1) is 13.2. The van der Waals surface area contributed by atoms with Gasteiger partial charge in [0.05, 0.1) is 25.9 Å². The number of aryl methyl sites for hydroxylation is 1. The smallest absolute Gasteiger partial charge is 0.226 e. The Hall–Kier alpha value is -3.41. The molecule has 0 N–H and O–H groups in total. The number of furan rings is 1. The van der Waals surface area contributed by atoms with E-state index >= 15 is 0 Å². The molecule has 27 heavy (non-hydrogen) atoms. The molecule has 0 fully saturated rings. The molecule has 0 bridgehead atoms. The molecule has 0 saturated carbocycles. The summed E-state index contributed by atoms with van der Waals surface area (Å²) in [4.78, 5) is 4.59. The average Bonchev–Trinajstić information content (AvgIpc) is 3.32. The quantitative estimate of drug-likeness (QED) is 0.479. The lowest BCUT2D eigenvalue weighted by molar-refractivity contribution is 0.303. The second-order valence-corrected chi connectivity index (χ2v) is 6.00. The fourth-order valence-electron chi connectivity index (χ4n) is 2.85. The average molecular weight is 365 g/mol. The minimum absolute atomic E-state index is 0.292. The first-order valence-electron chi connectivity index (χ1n) is 8.46. The molecule has 2 heterocycles. The van der Waals surface area contributed by atoms with E-state index in [-0.39, 0.29) is 0 Å². The van der Waals surface area contributed by atoms with Gasteiger partial charge in [0.25, 0.3) is 0 Å². The minimum atomic E-state index is 0.292. The topological polar surface area (TPSA) is 66.9 Å². The van der Waals surface area contributed by atoms with Crippen LogP contribution in [-0.2, 0) is 6.61 Å². The summed E-state index contributed by atoms with van der Waals surface area (Å²) < 4.78 is 27.8. The van der Waals surface area contributed by atoms with Crippen molar-refractivity contribution in [3.63, 3.8) is 0 Å². The number of methoxy groups -OCH3 is 2. The second kappa shape index (κ2) is 7.07. The van der Waals surface area contributed by atoms with Gasteiger partial charge in [-0.15, -0.1) is 0 Å². The predicted molar refractivity (Wildman–Crippen MR) is 100 cm³/mol. The van der Waals surface area contributed by atoms with E-state index in [2.05, 4.69) is 4.98 Å². The highest BCUT2D eigenvalue weighted by atomic mass is 16.5. The molecule has 0 unspecified atom stereocenters. The van der Waals surface area contributed by atoms with Gasteiger partial charge in [-0.1, -0.05) is 6.07 Å². The maximum atomic E-state index is 5.95. The zero-order valence-corrected chi connectivity index (χ0v) is 15.3. The Balaban J connectivity index is 1.59. The van der Waals surface area contributed by atoms with E-state index in [1.165, 1.54) is 0 Å². The summed E-state index contributed by atoms with van der Waals surface area (Å²) in [5.74, 6) is 3.28. The van der Waals surface area contributed by atoms with E-state index in [1.807, 2.05) is 43.3 Å². The van der Waals surface area contributed by atoms with E-state index < -0.39 is 0 Å². The molecule has 0 radical (unpaired) electrons. The third-order valence-electron chi connectivity index (χ3n) is 4.31. The fourth-order valence-corrected chi connectivity index (χ4v) is 2.85. The number of benzene rings is 2. The van der Waals surface area contributed by atoms with Crippen LogP contribution in [-0.4, -0.2) is 19.2 Å². The molecule has 2 aromatic carbocycles. The molecule has 0 amide bonds. The highest BCUT2D eigenvalue weighted by molar-refractivity contribution is 5.83. The number of hydrogen-bond donors (Lipinski definition) is 0. The number of fused-ring (bicyclic) bond motifs is 1. The van der Waals surface area contributed by atoms with Crippen LogP contribution in [0.1, 0.15) is 11.5 Å². The van der Waals surface area contributed by atoms with Crippen LogP contribution in [0.15, 0.2) is 57.6 Å². The summed E-state index contributed by atoms with van der Waals surface area (Å²) in [6.45, 7) is 2.16. The Morgan fingerprint density at radius 1 is 1.00 bits per heavy atom. The number of ether oxygens (including phenoxy) is 3. The normalized spacial score (nSPS) is 10.9. The van der Waals surface area contributed by atoms with Gasteiger partial charge in [0, 0.05) is 11.6 Å². The Bertz CT molecular complexity index is 1060. The zero-order valence-electron chi connectivity index (χ0n) is 15.3. The monoisotopic (exact) mass is 365 g/mol. The standard InChI is InChI=1S/C21H19NO5/c1-13-18(12-26-20-6-4-5-19-17(20)7-8-25-19)22-21(27-13)14-9-15(23-2)11-16(10-14)24-3/h4-11H,12H2,1-3H3. The Morgan fingerprint density at radius 2 is 1.78 bits per heavy atom. The molecule has 6 heteroatoms. The largest absolute Gasteiger partial charge is 0.497 e. The molecule has 0 atom stereocenters. The highest BCUT2D eigenvalue weighted by Crippen LogP contribution is 2.31. The van der Waals surface area contributed by atoms with Crippen LogP contribution >= 0.6 is 0 Å². The molecule has 4 rings (SSSR count). The summed E-state index contributed by atoms with van der Waals surface area (Å²) in [6.07, 6.45) is 1.65. The third-order valence-corrected chi connectivity index (χ3v) is 4.31. The van der Waals surface area contributed by atoms with Gasteiger partial charge >= 0.3 is 0 Å². The number of nitrogens with zero attached hydrogens (tertiary/aromatic N) is 1. The molecule has 4 aromatic rings. The second-order valence-electron chi connectivity index (χ2n) is 6.00. The maximum absolute atomic E-state index is 5.95. The van der Waals surface area contributed by atoms with Crippen molar-refractivity contribution in [2.24, 2.45) is 0 Å². The van der Waals surface area contributed by atoms with E-state index in [1.54, 1.807) is 26.5 Å². The van der Waals surface area contributed by atoms with E-state index in [0.29, 0.717) is 29.8 Å². The van der Waals surface area contributed by atoms with Crippen molar-refractivity contribution < 1.29 is 23.0 Å². The van der Waals surface area contributed by atoms with Crippen molar-refractivity contribution in [2.75, 3.05) is 14.2 Å². The van der Waals surface area contributed by atoms with Crippen molar-refractivity contribution in [1.82, 2.24) is 4.98 Å². The molecule has 0 aliphatic rings. The van der Waals surface area contributed by atoms with E-state index in [4.69, 9.17) is 23.0 Å². The van der Waals surface area contributed by atoms with Crippen molar-refractivity contribution >= 4 is 11.0 Å². The summed E-state index contributed by atoms with van der Waals surface area (Å²) in [5.41, 5.74) is 2.29. The Kier molecular flexibility index (Phi) is 4.46. The van der Waals surface area contributed by atoms with Gasteiger partial charge in [0.2, 0.25) is 5.89 Å². The summed E-state index contributed by atoms with van der Waals surface area (Å²) in [7, 11) is 3.21. The summed E-state index contributed by atoms with van der Waals surface area (Å²) >= 11 is 0. The third kappa shape index (κ3) is 3.33. The van der Waals surface area contributed by atoms with Gasteiger partial charge in [-0.25, -0.2) is 4.98 Å². The lowest BCUT2D eigenvalue weighted by Crippen LogP contribution is -1.98. The summed E-state index contributed by atoms with van der Waals surface area (Å²) in [6, 6.07) is 13.1. The van der Waals surface area contributed by atoms with Crippen LogP contribution in [0, 0.1) is 6.92 Å². The highest BCUT2D eigenvalue weighted by Gasteiger charge is 2.15. The van der Waals surface area contributed by atoms with Gasteiger partial charge in [-0.2, -0.15) is 0 Å². The van der Waals surface area contributed by atoms with E-state index in [9.17, 15) is 0 Å². The zero-order chi connectivity index (χ0) is 18.8. The van der Waals surface area contributed by atoms with Crippen molar-refractivity contribution in [1.29, 1.82) is 0 Å². The van der Waals surface area contributed by atoms with Crippen molar-refractivity contribution in [3.8, 4) is 28.7 Å². The van der Waals surface area contributed by atoms with Gasteiger partial charge in [-0.05, 0) is 37.3 Å². The first kappa shape index (κ1) is 17.0. The van der Waals surface area contributed by atoms with Crippen LogP contribution in [0.5, 0.6) is 17.2 Å². The van der Waals surface area contributed by atoms with Crippen molar-refractivity contribution in [3.05, 3.63) is 60.2 Å². The van der Waals surface area contributed by atoms with Gasteiger partial charge in [0.15, 0.2) is 0 Å². The molecule has 138 valence electrons. The minimum Gasteiger partial charge on any atom is -0.497 e. The summed E-state index contributed by atoms with van der Waals surface area (Å²) in [5, 5.41) is 0.927. The fraction of sp³-hybridized carbons (Fsp3) is 0.190. The van der Waals surface area contributed by atoms with Gasteiger partial charge < -0.3 is 23.0 Å². The van der Waals surface area contributed by atoms with Crippen LogP contribution in [0.3, 0.4) is 0 Å². The molecule has 2 aromatic heterocycles. The van der Waals surface area contributed by atoms with Crippen LogP contribution < -0.4 is 14.2 Å². The molecule has 0 spiro atoms. The first-order valence-corrected chi connectivity index (χ1v) is 8.46. The molecule has 6 nitrogen and oxygen atoms in total. The molecular formula is C21H19NO5. The SMILES string of the molecule is COc1cc(OC)cc(-c2nc(COc3cccc4occc34)c(C)o2)c1. The predicted octanol–water partition coefficient (Wildman–Crippen LogP) is 4.99. The maximum Gasteiger partial charge on any atom is 0.226 e. The Morgan fingerprint density at radius 3 is 2.52 bits per heavy atom. The molecular weight excluding hydrogens is 346 g/mol. The van der Waals surface area contributed by atoms with Gasteiger partial charge in [0.1, 0.15) is 40.9 Å². The lowest BCUT2D eigenvalue weighted by Gasteiger charge is -2.06. The van der Waals surface area contributed by atoms with E-state index in [0.717, 1.165) is 28.0 Å². The molecule has 0 saturated heterocycles. The number of oxazole rings is 1. The lowest BCUT2D eigenvalue weighted by atomic mass is 10.2. The van der Waals surface area contributed by atoms with Gasteiger partial charge in [-0.3, -0.25) is 0 Å². The van der Waals surface area contributed by atoms with Crippen molar-refractivity contribution in [2.45, 2.75) is 13.5 Å². The van der Waals surface area contributed by atoms with Crippen LogP contribution in [0.25, 0.3) is 22.4 Å². The number of aromatic nitrogens is 1. The van der Waals surface area contributed by atoms with Crippen LogP contribution in [0.4, 0.5) is 0 Å². The number of rotatable bonds is 6.